The Labute approximate surface area is 280 Å². The summed E-state index contributed by atoms with van der Waals surface area (Å²) < 4.78 is 0. The van der Waals surface area contributed by atoms with Crippen molar-refractivity contribution in [2.75, 3.05) is 0 Å². The van der Waals surface area contributed by atoms with E-state index in [1.807, 2.05) is 0 Å². The first-order chi connectivity index (χ1) is 21.9. The van der Waals surface area contributed by atoms with E-state index in [9.17, 15) is 28.8 Å². The molecule has 0 atom stereocenters. The van der Waals surface area contributed by atoms with Gasteiger partial charge in [-0.3, -0.25) is 19.8 Å². The molecule has 7 N–H and O–H groups in total. The van der Waals surface area contributed by atoms with Crippen LogP contribution in [0.2, 0.25) is 0 Å². The maximum Gasteiger partial charge on any atom is 0.233 e. The summed E-state index contributed by atoms with van der Waals surface area (Å²) in [5, 5.41) is 0. The van der Waals surface area contributed by atoms with Crippen molar-refractivity contribution < 1.29 is 28.8 Å². The monoisotopic (exact) mass is 655 g/mol. The van der Waals surface area contributed by atoms with Crippen molar-refractivity contribution in [2.24, 2.45) is 17.3 Å². The number of carbonyl (C=O) groups excluding carboxylic acids is 6. The molecule has 0 heterocycles. The third-order valence-electron chi connectivity index (χ3n) is 7.50. The van der Waals surface area contributed by atoms with Crippen LogP contribution >= 0.6 is 0 Å². The lowest BCUT2D eigenvalue weighted by Crippen LogP contribution is -2.29. The quantitative estimate of drug-likeness (QED) is 0.0272. The molecule has 0 unspecified atom stereocenters. The van der Waals surface area contributed by atoms with Gasteiger partial charge in [-0.05, 0) is 59.3 Å². The summed E-state index contributed by atoms with van der Waals surface area (Å²) in [5.41, 5.74) is 12.2. The van der Waals surface area contributed by atoms with Gasteiger partial charge < -0.3 is 25.9 Å². The zero-order chi connectivity index (χ0) is 35.3. The standard InChI is InChI=1S/C12H24N2O2.2C12H23NO2/c1-11(15)9-7-5-3-2-4-6-8-10-12(16)14-13;2*1-11(14)9-7-5-3-2-4-6-8-10-12(13)15/h2-10,13H2,1H3,(H,14,16);2*2-10H2,1H3,(H2,13,15). The van der Waals surface area contributed by atoms with Crippen LogP contribution in [-0.2, 0) is 28.8 Å². The Morgan fingerprint density at radius 2 is 0.543 bits per heavy atom. The molecule has 46 heavy (non-hydrogen) atoms. The highest BCUT2D eigenvalue weighted by Gasteiger charge is 1.99. The molecular weight excluding hydrogens is 584 g/mol. The summed E-state index contributed by atoms with van der Waals surface area (Å²) in [6.45, 7) is 4.93. The van der Waals surface area contributed by atoms with Crippen LogP contribution in [0.3, 0.4) is 0 Å². The maximum atomic E-state index is 10.8. The van der Waals surface area contributed by atoms with E-state index >= 15 is 0 Å². The fourth-order valence-corrected chi connectivity index (χ4v) is 4.73. The van der Waals surface area contributed by atoms with Crippen LogP contribution in [0.25, 0.3) is 0 Å². The summed E-state index contributed by atoms with van der Waals surface area (Å²) in [6.07, 6.45) is 27.0. The van der Waals surface area contributed by atoms with Gasteiger partial charge >= 0.3 is 0 Å². The molecule has 0 radical (unpaired) electrons. The third-order valence-corrected chi connectivity index (χ3v) is 7.50. The summed E-state index contributed by atoms with van der Waals surface area (Å²) in [6, 6.07) is 0. The normalized spacial score (nSPS) is 10.2. The predicted octanol–water partition coefficient (Wildman–Crippen LogP) is 7.22. The van der Waals surface area contributed by atoms with E-state index in [1.54, 1.807) is 20.8 Å². The van der Waals surface area contributed by atoms with Crippen molar-refractivity contribution in [3.63, 3.8) is 0 Å². The van der Waals surface area contributed by atoms with Gasteiger partial charge in [0.05, 0.1) is 0 Å². The minimum atomic E-state index is -0.198. The molecule has 10 heteroatoms. The van der Waals surface area contributed by atoms with E-state index in [4.69, 9.17) is 17.3 Å². The second-order valence-electron chi connectivity index (χ2n) is 12.5. The zero-order valence-electron chi connectivity index (χ0n) is 29.8. The first kappa shape index (κ1) is 47.8. The van der Waals surface area contributed by atoms with E-state index in [1.165, 1.54) is 51.4 Å². The molecule has 10 nitrogen and oxygen atoms in total. The Morgan fingerprint density at radius 3 is 0.739 bits per heavy atom. The largest absolute Gasteiger partial charge is 0.370 e. The molecule has 0 aromatic heterocycles. The number of nitrogens with one attached hydrogen (secondary N) is 1. The number of rotatable bonds is 30. The Morgan fingerprint density at radius 1 is 0.348 bits per heavy atom. The van der Waals surface area contributed by atoms with Crippen LogP contribution in [0, 0.1) is 0 Å². The van der Waals surface area contributed by atoms with Crippen molar-refractivity contribution in [2.45, 2.75) is 194 Å². The summed E-state index contributed by atoms with van der Waals surface area (Å²) in [4.78, 5) is 63.6. The Hall–Kier alpha value is -2.62. The van der Waals surface area contributed by atoms with Gasteiger partial charge in [0.2, 0.25) is 17.7 Å². The highest BCUT2D eigenvalue weighted by molar-refractivity contribution is 5.76. The topological polar surface area (TPSA) is 193 Å². The average Bonchev–Trinajstić information content (AvgIpc) is 2.98. The van der Waals surface area contributed by atoms with Crippen LogP contribution in [0.15, 0.2) is 0 Å². The number of ketones is 3. The van der Waals surface area contributed by atoms with Crippen LogP contribution in [0.4, 0.5) is 0 Å². The molecule has 0 spiro atoms. The van der Waals surface area contributed by atoms with Gasteiger partial charge in [0.15, 0.2) is 0 Å². The van der Waals surface area contributed by atoms with Crippen molar-refractivity contribution in [3.8, 4) is 0 Å². The molecule has 3 amide bonds. The van der Waals surface area contributed by atoms with Crippen molar-refractivity contribution in [1.82, 2.24) is 5.43 Å². The van der Waals surface area contributed by atoms with Crippen LogP contribution < -0.4 is 22.7 Å². The number of hydrogen-bond donors (Lipinski definition) is 4. The molecule has 0 fully saturated rings. The molecule has 270 valence electrons. The van der Waals surface area contributed by atoms with Crippen LogP contribution in [0.1, 0.15) is 194 Å². The number of amides is 3. The number of nitrogens with two attached hydrogens (primary N) is 3. The Balaban J connectivity index is -0.000000603. The number of primary amides is 2. The molecule has 0 aromatic carbocycles. The van der Waals surface area contributed by atoms with Crippen molar-refractivity contribution in [3.05, 3.63) is 0 Å². The fraction of sp³-hybridized carbons (Fsp3) is 0.833. The Bertz CT molecular complexity index is 706. The molecule has 0 aliphatic heterocycles. The van der Waals surface area contributed by atoms with Gasteiger partial charge in [0, 0.05) is 38.5 Å². The second kappa shape index (κ2) is 38.6. The zero-order valence-corrected chi connectivity index (χ0v) is 29.8. The lowest BCUT2D eigenvalue weighted by atomic mass is 10.1. The number of unbranched alkanes of at least 4 members (excludes halogenated alkanes) is 18. The number of carbonyl (C=O) groups is 6. The van der Waals surface area contributed by atoms with E-state index in [0.29, 0.717) is 19.3 Å². The predicted molar refractivity (Wildman–Crippen MR) is 187 cm³/mol. The summed E-state index contributed by atoms with van der Waals surface area (Å²) in [5.74, 6) is 5.35. The minimum absolute atomic E-state index is 0.0820. The first-order valence-electron chi connectivity index (χ1n) is 18.0. The Kier molecular flexibility index (Phi) is 40.1. The van der Waals surface area contributed by atoms with Crippen LogP contribution in [0.5, 0.6) is 0 Å². The van der Waals surface area contributed by atoms with Gasteiger partial charge in [-0.1, -0.05) is 96.3 Å². The van der Waals surface area contributed by atoms with E-state index in [-0.39, 0.29) is 35.1 Å². The van der Waals surface area contributed by atoms with Crippen molar-refractivity contribution >= 4 is 35.1 Å². The minimum Gasteiger partial charge on any atom is -0.370 e. The van der Waals surface area contributed by atoms with E-state index in [0.717, 1.165) is 103 Å². The first-order valence-corrected chi connectivity index (χ1v) is 18.0. The highest BCUT2D eigenvalue weighted by atomic mass is 16.2. The molecule has 0 aliphatic rings. The number of hydrazine groups is 1. The number of hydrogen-bond acceptors (Lipinski definition) is 7. The van der Waals surface area contributed by atoms with E-state index < -0.39 is 0 Å². The van der Waals surface area contributed by atoms with Gasteiger partial charge in [-0.25, -0.2) is 5.84 Å². The van der Waals surface area contributed by atoms with Crippen LogP contribution in [-0.4, -0.2) is 35.1 Å². The molecule has 0 aromatic rings. The lowest BCUT2D eigenvalue weighted by Gasteiger charge is -2.01. The van der Waals surface area contributed by atoms with E-state index in [2.05, 4.69) is 5.43 Å². The third kappa shape index (κ3) is 53.9. The molecular formula is C36H70N4O6. The van der Waals surface area contributed by atoms with Gasteiger partial charge in [0.1, 0.15) is 17.3 Å². The summed E-state index contributed by atoms with van der Waals surface area (Å²) >= 11 is 0. The molecule has 0 rings (SSSR count). The average molecular weight is 655 g/mol. The van der Waals surface area contributed by atoms with Gasteiger partial charge in [-0.2, -0.15) is 0 Å². The number of Topliss-reactive ketones (excluding diaryl/α,β-unsaturated/α-hetero) is 3. The smallest absolute Gasteiger partial charge is 0.233 e. The molecule has 0 bridgehead atoms. The SMILES string of the molecule is CC(=O)CCCCCCCCCC(=O)NN.CC(=O)CCCCCCCCCC(N)=O.CC(=O)CCCCCCCCCC(N)=O. The van der Waals surface area contributed by atoms with Gasteiger partial charge in [0.25, 0.3) is 0 Å². The fourth-order valence-electron chi connectivity index (χ4n) is 4.73. The van der Waals surface area contributed by atoms with Gasteiger partial charge in [-0.15, -0.1) is 0 Å². The highest BCUT2D eigenvalue weighted by Crippen LogP contribution is 2.11. The molecule has 0 saturated carbocycles. The molecule has 0 aliphatic carbocycles. The summed E-state index contributed by atoms with van der Waals surface area (Å²) in [7, 11) is 0. The lowest BCUT2D eigenvalue weighted by molar-refractivity contribution is -0.121. The van der Waals surface area contributed by atoms with Crippen molar-refractivity contribution in [1.29, 1.82) is 0 Å². The molecule has 0 saturated heterocycles. The second-order valence-corrected chi connectivity index (χ2v) is 12.5. The maximum absolute atomic E-state index is 10.8.